The average molecular weight is 561 g/mol. The number of hydrogen-bond acceptors (Lipinski definition) is 3. The van der Waals surface area contributed by atoms with E-state index in [0.717, 1.165) is 0 Å². The molecule has 150 valence electrons. The lowest BCUT2D eigenvalue weighted by atomic mass is 10.1. The van der Waals surface area contributed by atoms with Crippen molar-refractivity contribution in [3.8, 4) is 5.82 Å². The van der Waals surface area contributed by atoms with Crippen LogP contribution in [0, 0.1) is 6.92 Å². The van der Waals surface area contributed by atoms with Gasteiger partial charge in [-0.2, -0.15) is 0 Å². The van der Waals surface area contributed by atoms with Gasteiger partial charge in [0.1, 0.15) is 10.3 Å². The van der Waals surface area contributed by atoms with Crippen LogP contribution in [-0.2, 0) is 0 Å². The molecule has 0 bridgehead atoms. The van der Waals surface area contributed by atoms with Gasteiger partial charge < -0.3 is 10.6 Å². The van der Waals surface area contributed by atoms with Crippen molar-refractivity contribution in [3.63, 3.8) is 0 Å². The van der Waals surface area contributed by atoms with Crippen LogP contribution < -0.4 is 10.6 Å². The third-order valence-electron chi connectivity index (χ3n) is 4.09. The van der Waals surface area contributed by atoms with Gasteiger partial charge in [-0.05, 0) is 74.7 Å². The summed E-state index contributed by atoms with van der Waals surface area (Å²) in [6.07, 6.45) is 1.58. The van der Waals surface area contributed by atoms with Crippen molar-refractivity contribution in [2.45, 2.75) is 6.92 Å². The number of hydrogen-bond donors (Lipinski definition) is 2. The first kappa shape index (κ1) is 21.8. The molecule has 2 heterocycles. The predicted octanol–water partition coefficient (Wildman–Crippen LogP) is 5.62. The van der Waals surface area contributed by atoms with Crippen molar-refractivity contribution >= 4 is 72.6 Å². The van der Waals surface area contributed by atoms with E-state index in [4.69, 9.17) is 23.2 Å². The van der Waals surface area contributed by atoms with Crippen LogP contribution in [0.15, 0.2) is 45.6 Å². The molecule has 0 saturated heterocycles. The number of amides is 2. The van der Waals surface area contributed by atoms with E-state index >= 15 is 0 Å². The number of nitrogens with one attached hydrogen (secondary N) is 2. The Bertz CT molecular complexity index is 1130. The molecule has 2 N–H and O–H groups in total. The first-order chi connectivity index (χ1) is 13.7. The molecular weight excluding hydrogens is 547 g/mol. The molecule has 0 saturated carbocycles. The molecule has 0 unspecified atom stereocenters. The number of pyridine rings is 1. The van der Waals surface area contributed by atoms with Crippen molar-refractivity contribution in [1.82, 2.24) is 14.9 Å². The normalized spacial score (nSPS) is 10.7. The molecule has 6 nitrogen and oxygen atoms in total. The zero-order valence-electron chi connectivity index (χ0n) is 15.2. The van der Waals surface area contributed by atoms with E-state index in [1.54, 1.807) is 42.0 Å². The van der Waals surface area contributed by atoms with Gasteiger partial charge in [-0.3, -0.25) is 14.2 Å². The molecule has 0 aliphatic rings. The summed E-state index contributed by atoms with van der Waals surface area (Å²) in [5.74, 6) is -0.429. The molecule has 3 rings (SSSR count). The van der Waals surface area contributed by atoms with Crippen molar-refractivity contribution in [3.05, 3.63) is 72.5 Å². The van der Waals surface area contributed by atoms with Crippen LogP contribution in [0.2, 0.25) is 10.0 Å². The molecule has 0 atom stereocenters. The van der Waals surface area contributed by atoms with Crippen LogP contribution in [-0.4, -0.2) is 28.4 Å². The Morgan fingerprint density at radius 3 is 2.52 bits per heavy atom. The van der Waals surface area contributed by atoms with Gasteiger partial charge in [0.2, 0.25) is 0 Å². The zero-order valence-corrected chi connectivity index (χ0v) is 19.9. The fourth-order valence-electron chi connectivity index (χ4n) is 2.77. The predicted molar refractivity (Wildman–Crippen MR) is 122 cm³/mol. The summed E-state index contributed by atoms with van der Waals surface area (Å²) in [5.41, 5.74) is 1.54. The molecule has 0 fully saturated rings. The van der Waals surface area contributed by atoms with Crippen molar-refractivity contribution in [2.75, 3.05) is 12.4 Å². The van der Waals surface area contributed by atoms with Crippen LogP contribution in [0.4, 0.5) is 5.69 Å². The molecule has 0 aliphatic carbocycles. The van der Waals surface area contributed by atoms with Crippen molar-refractivity contribution in [1.29, 1.82) is 0 Å². The average Bonchev–Trinajstić information content (AvgIpc) is 2.98. The second-order valence-corrected chi connectivity index (χ2v) is 8.44. The number of carbonyl (C=O) groups excluding carboxylic acids is 2. The second kappa shape index (κ2) is 8.87. The standard InChI is InChI=1S/C19H14Br2Cl2N4O2/c1-9-6-10(22)7-11(18(28)24-2)15(9)26-19(29)14-8-12(20)16(21)27(14)17-13(23)4-3-5-25-17/h3-8H,1-2H3,(H,24,28)(H,26,29). The van der Waals surface area contributed by atoms with Gasteiger partial charge in [0.15, 0.2) is 5.82 Å². The van der Waals surface area contributed by atoms with Crippen LogP contribution in [0.25, 0.3) is 5.82 Å². The Balaban J connectivity index is 2.10. The summed E-state index contributed by atoms with van der Waals surface area (Å²) in [6.45, 7) is 1.76. The van der Waals surface area contributed by atoms with Crippen LogP contribution >= 0.6 is 55.1 Å². The molecule has 2 aromatic heterocycles. The minimum Gasteiger partial charge on any atom is -0.355 e. The molecule has 1 aromatic carbocycles. The molecule has 3 aromatic rings. The van der Waals surface area contributed by atoms with E-state index in [1.807, 2.05) is 0 Å². The Morgan fingerprint density at radius 1 is 1.14 bits per heavy atom. The van der Waals surface area contributed by atoms with E-state index in [9.17, 15) is 9.59 Å². The number of aryl methyl sites for hydroxylation is 1. The topological polar surface area (TPSA) is 76.0 Å². The minimum atomic E-state index is -0.450. The maximum atomic E-state index is 13.2. The minimum absolute atomic E-state index is 0.262. The van der Waals surface area contributed by atoms with E-state index in [0.29, 0.717) is 36.2 Å². The lowest BCUT2D eigenvalue weighted by Gasteiger charge is -2.15. The monoisotopic (exact) mass is 558 g/mol. The third-order valence-corrected chi connectivity index (χ3v) is 6.52. The molecule has 0 spiro atoms. The molecule has 0 radical (unpaired) electrons. The van der Waals surface area contributed by atoms with Gasteiger partial charge in [0.05, 0.1) is 20.7 Å². The third kappa shape index (κ3) is 4.35. The second-order valence-electron chi connectivity index (χ2n) is 5.99. The first-order valence-electron chi connectivity index (χ1n) is 8.25. The summed E-state index contributed by atoms with van der Waals surface area (Å²) >= 11 is 19.2. The maximum Gasteiger partial charge on any atom is 0.272 e. The zero-order chi connectivity index (χ0) is 21.3. The number of benzene rings is 1. The fraction of sp³-hybridized carbons (Fsp3) is 0.105. The van der Waals surface area contributed by atoms with E-state index in [1.165, 1.54) is 13.1 Å². The molecule has 0 aliphatic heterocycles. The lowest BCUT2D eigenvalue weighted by molar-refractivity contribution is 0.0964. The van der Waals surface area contributed by atoms with Gasteiger partial charge in [-0.1, -0.05) is 23.2 Å². The number of anilines is 1. The highest BCUT2D eigenvalue weighted by molar-refractivity contribution is 9.13. The number of aromatic nitrogens is 2. The highest BCUT2D eigenvalue weighted by Gasteiger charge is 2.23. The van der Waals surface area contributed by atoms with Crippen LogP contribution in [0.5, 0.6) is 0 Å². The van der Waals surface area contributed by atoms with Crippen LogP contribution in [0.1, 0.15) is 26.4 Å². The molecular formula is C19H14Br2Cl2N4O2. The maximum absolute atomic E-state index is 13.2. The quantitative estimate of drug-likeness (QED) is 0.434. The first-order valence-corrected chi connectivity index (χ1v) is 10.6. The summed E-state index contributed by atoms with van der Waals surface area (Å²) in [4.78, 5) is 29.7. The summed E-state index contributed by atoms with van der Waals surface area (Å²) in [6, 6.07) is 8.19. The van der Waals surface area contributed by atoms with E-state index in [-0.39, 0.29) is 17.2 Å². The molecule has 10 heteroatoms. The Labute approximate surface area is 193 Å². The molecule has 2 amide bonds. The van der Waals surface area contributed by atoms with Crippen LogP contribution in [0.3, 0.4) is 0 Å². The van der Waals surface area contributed by atoms with Gasteiger partial charge in [-0.15, -0.1) is 0 Å². The number of rotatable bonds is 4. The molecule has 29 heavy (non-hydrogen) atoms. The summed E-state index contributed by atoms with van der Waals surface area (Å²) in [7, 11) is 1.51. The van der Waals surface area contributed by atoms with Crippen molar-refractivity contribution in [2.24, 2.45) is 0 Å². The van der Waals surface area contributed by atoms with Gasteiger partial charge in [0.25, 0.3) is 11.8 Å². The lowest BCUT2D eigenvalue weighted by Crippen LogP contribution is -2.23. The van der Waals surface area contributed by atoms with E-state index < -0.39 is 5.91 Å². The van der Waals surface area contributed by atoms with Gasteiger partial charge >= 0.3 is 0 Å². The fourth-order valence-corrected chi connectivity index (χ4v) is 4.12. The Morgan fingerprint density at radius 2 is 1.86 bits per heavy atom. The Hall–Kier alpha value is -1.87. The van der Waals surface area contributed by atoms with Crippen molar-refractivity contribution < 1.29 is 9.59 Å². The highest BCUT2D eigenvalue weighted by Crippen LogP contribution is 2.33. The number of halogens is 4. The summed E-state index contributed by atoms with van der Waals surface area (Å²) < 4.78 is 2.79. The number of nitrogens with zero attached hydrogens (tertiary/aromatic N) is 2. The van der Waals surface area contributed by atoms with E-state index in [2.05, 4.69) is 47.5 Å². The SMILES string of the molecule is CNC(=O)c1cc(Cl)cc(C)c1NC(=O)c1cc(Br)c(Br)n1-c1ncccc1Cl. The highest BCUT2D eigenvalue weighted by atomic mass is 79.9. The van der Waals surface area contributed by atoms with Gasteiger partial charge in [-0.25, -0.2) is 4.98 Å². The summed E-state index contributed by atoms with van der Waals surface area (Å²) in [5, 5.41) is 6.14. The largest absolute Gasteiger partial charge is 0.355 e. The number of carbonyl (C=O) groups is 2. The smallest absolute Gasteiger partial charge is 0.272 e. The van der Waals surface area contributed by atoms with Gasteiger partial charge in [0, 0.05) is 18.3 Å². The Kier molecular flexibility index (Phi) is 6.68.